The molecule has 0 aromatic carbocycles. The summed E-state index contributed by atoms with van der Waals surface area (Å²) in [6, 6.07) is 2.28. The number of hydrogen-bond acceptors (Lipinski definition) is 3. The molecule has 0 aromatic rings. The van der Waals surface area contributed by atoms with Crippen LogP contribution in [-0.4, -0.2) is 24.6 Å². The van der Waals surface area contributed by atoms with Crippen molar-refractivity contribution in [2.75, 3.05) is 24.6 Å². The van der Waals surface area contributed by atoms with Gasteiger partial charge in [0.2, 0.25) is 0 Å². The molecule has 0 saturated carbocycles. The summed E-state index contributed by atoms with van der Waals surface area (Å²) < 4.78 is 0. The monoisotopic (exact) mass is 200 g/mol. The molecule has 2 nitrogen and oxygen atoms in total. The third kappa shape index (κ3) is 8.14. The predicted molar refractivity (Wildman–Crippen MR) is 59.9 cm³/mol. The molecule has 0 aliphatic carbocycles. The fourth-order valence-corrected chi connectivity index (χ4v) is 1.52. The molecule has 0 aliphatic rings. The largest absolute Gasteiger partial charge is 0.315 e. The number of thioether (sulfide) groups is 1. The van der Waals surface area contributed by atoms with E-state index in [9.17, 15) is 0 Å². The van der Waals surface area contributed by atoms with Crippen LogP contribution in [0.15, 0.2) is 0 Å². The molecule has 13 heavy (non-hydrogen) atoms. The Balaban J connectivity index is 3.22. The van der Waals surface area contributed by atoms with Gasteiger partial charge in [0.1, 0.15) is 0 Å². The van der Waals surface area contributed by atoms with Crippen LogP contribution in [0.2, 0.25) is 0 Å². The first-order valence-electron chi connectivity index (χ1n) is 4.82. The summed E-state index contributed by atoms with van der Waals surface area (Å²) in [6.07, 6.45) is 1.19. The summed E-state index contributed by atoms with van der Waals surface area (Å²) in [7, 11) is 0. The fraction of sp³-hybridized carbons (Fsp3) is 0.900. The summed E-state index contributed by atoms with van der Waals surface area (Å²) in [4.78, 5) is 0. The van der Waals surface area contributed by atoms with Gasteiger partial charge in [0, 0.05) is 6.54 Å². The smallest absolute Gasteiger partial charge is 0.0697 e. The van der Waals surface area contributed by atoms with Gasteiger partial charge in [-0.25, -0.2) is 0 Å². The number of nitrogens with one attached hydrogen (secondary N) is 1. The third-order valence-corrected chi connectivity index (χ3v) is 2.70. The molecule has 0 heterocycles. The second-order valence-corrected chi connectivity index (χ2v) is 5.12. The first-order chi connectivity index (χ1) is 6.12. The maximum atomic E-state index is 8.74. The Kier molecular flexibility index (Phi) is 7.12. The standard InChI is InChI=1S/C10H20N2S/c1-4-13-7-5-6-12-9-10(2,3)8-11/h12H,4-7,9H2,1-3H3. The van der Waals surface area contributed by atoms with E-state index >= 15 is 0 Å². The average molecular weight is 200 g/mol. The maximum Gasteiger partial charge on any atom is 0.0697 e. The first-order valence-corrected chi connectivity index (χ1v) is 5.97. The van der Waals surface area contributed by atoms with Crippen LogP contribution in [0.25, 0.3) is 0 Å². The van der Waals surface area contributed by atoms with Crippen molar-refractivity contribution in [3.05, 3.63) is 0 Å². The third-order valence-electron chi connectivity index (χ3n) is 1.72. The van der Waals surface area contributed by atoms with E-state index in [1.807, 2.05) is 25.6 Å². The summed E-state index contributed by atoms with van der Waals surface area (Å²) in [5, 5.41) is 12.0. The lowest BCUT2D eigenvalue weighted by Crippen LogP contribution is -2.29. The maximum absolute atomic E-state index is 8.74. The van der Waals surface area contributed by atoms with Crippen LogP contribution in [0.3, 0.4) is 0 Å². The second-order valence-electron chi connectivity index (χ2n) is 3.72. The molecule has 0 aromatic heterocycles. The molecule has 76 valence electrons. The molecule has 0 bridgehead atoms. The number of nitrogens with zero attached hydrogens (tertiary/aromatic N) is 1. The van der Waals surface area contributed by atoms with Crippen molar-refractivity contribution in [2.24, 2.45) is 5.41 Å². The van der Waals surface area contributed by atoms with Crippen LogP contribution in [0, 0.1) is 16.7 Å². The van der Waals surface area contributed by atoms with E-state index in [1.54, 1.807) is 0 Å². The van der Waals surface area contributed by atoms with Crippen molar-refractivity contribution in [3.8, 4) is 6.07 Å². The summed E-state index contributed by atoms with van der Waals surface area (Å²) in [5.41, 5.74) is -0.224. The highest BCUT2D eigenvalue weighted by Gasteiger charge is 2.14. The lowest BCUT2D eigenvalue weighted by molar-refractivity contribution is 0.446. The van der Waals surface area contributed by atoms with Crippen molar-refractivity contribution < 1.29 is 0 Å². The van der Waals surface area contributed by atoms with Crippen molar-refractivity contribution in [1.29, 1.82) is 5.26 Å². The van der Waals surface area contributed by atoms with Gasteiger partial charge in [0.15, 0.2) is 0 Å². The zero-order chi connectivity index (χ0) is 10.2. The molecule has 0 unspecified atom stereocenters. The van der Waals surface area contributed by atoms with Gasteiger partial charge in [-0.15, -0.1) is 0 Å². The minimum atomic E-state index is -0.224. The van der Waals surface area contributed by atoms with E-state index in [0.717, 1.165) is 13.1 Å². The Morgan fingerprint density at radius 2 is 2.15 bits per heavy atom. The quantitative estimate of drug-likeness (QED) is 0.640. The normalized spacial score (nSPS) is 11.2. The molecule has 0 rings (SSSR count). The van der Waals surface area contributed by atoms with Crippen molar-refractivity contribution in [2.45, 2.75) is 27.2 Å². The van der Waals surface area contributed by atoms with Gasteiger partial charge in [-0.05, 0) is 38.3 Å². The Hall–Kier alpha value is -0.200. The van der Waals surface area contributed by atoms with Gasteiger partial charge >= 0.3 is 0 Å². The molecule has 0 atom stereocenters. The lowest BCUT2D eigenvalue weighted by atomic mass is 9.96. The van der Waals surface area contributed by atoms with Crippen LogP contribution >= 0.6 is 11.8 Å². The molecular weight excluding hydrogens is 180 g/mol. The Morgan fingerprint density at radius 3 is 2.69 bits per heavy atom. The topological polar surface area (TPSA) is 35.8 Å². The molecule has 1 N–H and O–H groups in total. The van der Waals surface area contributed by atoms with Crippen LogP contribution in [-0.2, 0) is 0 Å². The molecule has 0 fully saturated rings. The van der Waals surface area contributed by atoms with E-state index in [2.05, 4.69) is 18.3 Å². The van der Waals surface area contributed by atoms with Crippen molar-refractivity contribution in [1.82, 2.24) is 5.32 Å². The number of hydrogen-bond donors (Lipinski definition) is 1. The SMILES string of the molecule is CCSCCCNCC(C)(C)C#N. The second kappa shape index (κ2) is 7.23. The highest BCUT2D eigenvalue weighted by atomic mass is 32.2. The van der Waals surface area contributed by atoms with Gasteiger partial charge in [0.25, 0.3) is 0 Å². The predicted octanol–water partition coefficient (Wildman–Crippen LogP) is 2.27. The van der Waals surface area contributed by atoms with E-state index in [1.165, 1.54) is 17.9 Å². The van der Waals surface area contributed by atoms with Gasteiger partial charge in [0.05, 0.1) is 11.5 Å². The lowest BCUT2D eigenvalue weighted by Gasteiger charge is -2.15. The molecule has 0 radical (unpaired) electrons. The van der Waals surface area contributed by atoms with Gasteiger partial charge < -0.3 is 5.32 Å². The zero-order valence-electron chi connectivity index (χ0n) is 8.89. The highest BCUT2D eigenvalue weighted by Crippen LogP contribution is 2.10. The van der Waals surface area contributed by atoms with Crippen LogP contribution < -0.4 is 5.32 Å². The molecule has 0 amide bonds. The van der Waals surface area contributed by atoms with Crippen LogP contribution in [0.5, 0.6) is 0 Å². The van der Waals surface area contributed by atoms with Crippen LogP contribution in [0.4, 0.5) is 0 Å². The summed E-state index contributed by atoms with van der Waals surface area (Å²) in [6.45, 7) is 7.91. The molecule has 0 aliphatic heterocycles. The van der Waals surface area contributed by atoms with Gasteiger partial charge in [-0.2, -0.15) is 17.0 Å². The number of rotatable bonds is 7. The Labute approximate surface area is 86.1 Å². The van der Waals surface area contributed by atoms with E-state index in [0.29, 0.717) is 0 Å². The zero-order valence-corrected chi connectivity index (χ0v) is 9.71. The van der Waals surface area contributed by atoms with E-state index in [-0.39, 0.29) is 5.41 Å². The number of nitriles is 1. The Morgan fingerprint density at radius 1 is 1.46 bits per heavy atom. The average Bonchev–Trinajstić information content (AvgIpc) is 2.11. The van der Waals surface area contributed by atoms with Crippen molar-refractivity contribution >= 4 is 11.8 Å². The minimum absolute atomic E-state index is 0.224. The molecular formula is C10H20N2S. The first kappa shape index (κ1) is 12.8. The summed E-state index contributed by atoms with van der Waals surface area (Å²) in [5.74, 6) is 2.42. The molecule has 0 spiro atoms. The van der Waals surface area contributed by atoms with Gasteiger partial charge in [-0.3, -0.25) is 0 Å². The van der Waals surface area contributed by atoms with Crippen molar-refractivity contribution in [3.63, 3.8) is 0 Å². The Bertz CT molecular complexity index is 161. The molecule has 0 saturated heterocycles. The van der Waals surface area contributed by atoms with Crippen LogP contribution in [0.1, 0.15) is 27.2 Å². The van der Waals surface area contributed by atoms with E-state index in [4.69, 9.17) is 5.26 Å². The van der Waals surface area contributed by atoms with E-state index < -0.39 is 0 Å². The minimum Gasteiger partial charge on any atom is -0.315 e. The highest BCUT2D eigenvalue weighted by molar-refractivity contribution is 7.99. The molecule has 3 heteroatoms. The van der Waals surface area contributed by atoms with Gasteiger partial charge in [-0.1, -0.05) is 6.92 Å². The fourth-order valence-electron chi connectivity index (χ4n) is 0.884. The summed E-state index contributed by atoms with van der Waals surface area (Å²) >= 11 is 1.97.